The molecule has 4 nitrogen and oxygen atoms in total. The molecule has 0 saturated carbocycles. The van der Waals surface area contributed by atoms with Crippen LogP contribution in [0.25, 0.3) is 10.2 Å². The quantitative estimate of drug-likeness (QED) is 0.814. The van der Waals surface area contributed by atoms with Crippen LogP contribution in [0.5, 0.6) is 0 Å². The van der Waals surface area contributed by atoms with Gasteiger partial charge in [0.2, 0.25) is 0 Å². The Hall–Kier alpha value is -1.33. The van der Waals surface area contributed by atoms with E-state index >= 15 is 0 Å². The van der Waals surface area contributed by atoms with Gasteiger partial charge in [0.1, 0.15) is 0 Å². The number of fused-ring (bicyclic) bond motifs is 1. The highest BCUT2D eigenvalue weighted by Crippen LogP contribution is 2.33. The lowest BCUT2D eigenvalue weighted by Crippen LogP contribution is -2.45. The molecule has 1 fully saturated rings. The lowest BCUT2D eigenvalue weighted by molar-refractivity contribution is -0.00516. The lowest BCUT2D eigenvalue weighted by atomic mass is 10.1. The van der Waals surface area contributed by atoms with Crippen molar-refractivity contribution in [3.8, 4) is 0 Å². The molecule has 2 aromatic rings. The number of nitrogens with zero attached hydrogens (tertiary/aromatic N) is 2. The summed E-state index contributed by atoms with van der Waals surface area (Å²) in [6.45, 7) is 7.99. The lowest BCUT2D eigenvalue weighted by Gasteiger charge is -2.37. The van der Waals surface area contributed by atoms with Gasteiger partial charge in [-0.05, 0) is 32.9 Å². The van der Waals surface area contributed by atoms with E-state index in [1.54, 1.807) is 11.3 Å². The Labute approximate surface area is 117 Å². The van der Waals surface area contributed by atoms with E-state index < -0.39 is 0 Å². The molecule has 102 valence electrons. The Morgan fingerprint density at radius 2 is 2.00 bits per heavy atom. The second kappa shape index (κ2) is 4.65. The second-order valence-electron chi connectivity index (χ2n) is 5.27. The summed E-state index contributed by atoms with van der Waals surface area (Å²) in [5.41, 5.74) is 9.17. The molecule has 1 aliphatic rings. The molecule has 0 bridgehead atoms. The van der Waals surface area contributed by atoms with Crippen molar-refractivity contribution < 1.29 is 4.74 Å². The molecule has 2 atom stereocenters. The van der Waals surface area contributed by atoms with Crippen LogP contribution in [0.2, 0.25) is 0 Å². The fourth-order valence-electron chi connectivity index (χ4n) is 2.74. The van der Waals surface area contributed by atoms with Gasteiger partial charge in [0, 0.05) is 13.1 Å². The Balaban J connectivity index is 2.01. The number of ether oxygens (including phenoxy) is 1. The number of aromatic nitrogens is 1. The van der Waals surface area contributed by atoms with Gasteiger partial charge >= 0.3 is 0 Å². The van der Waals surface area contributed by atoms with E-state index in [2.05, 4.69) is 29.8 Å². The van der Waals surface area contributed by atoms with E-state index in [4.69, 9.17) is 10.5 Å². The standard InChI is InChI=1S/C14H19N3OS/c1-8-6-17(7-9(2)18-8)13-5-12-14(4-11(13)15)19-10(3)16-12/h4-5,8-9H,6-7,15H2,1-3H3/t8-,9+. The summed E-state index contributed by atoms with van der Waals surface area (Å²) >= 11 is 1.69. The number of nitrogens with two attached hydrogens (primary N) is 1. The van der Waals surface area contributed by atoms with E-state index in [9.17, 15) is 0 Å². The molecule has 2 N–H and O–H groups in total. The maximum Gasteiger partial charge on any atom is 0.0907 e. The molecule has 0 aliphatic carbocycles. The molecule has 19 heavy (non-hydrogen) atoms. The smallest absolute Gasteiger partial charge is 0.0907 e. The fourth-order valence-corrected chi connectivity index (χ4v) is 3.60. The summed E-state index contributed by atoms with van der Waals surface area (Å²) in [4.78, 5) is 6.86. The maximum absolute atomic E-state index is 6.21. The highest BCUT2D eigenvalue weighted by molar-refractivity contribution is 7.18. The van der Waals surface area contributed by atoms with Crippen LogP contribution in [0.3, 0.4) is 0 Å². The summed E-state index contributed by atoms with van der Waals surface area (Å²) in [5.74, 6) is 0. The van der Waals surface area contributed by atoms with Crippen LogP contribution in [-0.2, 0) is 4.74 Å². The highest BCUT2D eigenvalue weighted by Gasteiger charge is 2.24. The number of benzene rings is 1. The van der Waals surface area contributed by atoms with Gasteiger partial charge in [0.15, 0.2) is 0 Å². The largest absolute Gasteiger partial charge is 0.397 e. The highest BCUT2D eigenvalue weighted by atomic mass is 32.1. The first-order valence-corrected chi connectivity index (χ1v) is 7.41. The average Bonchev–Trinajstić information content (AvgIpc) is 2.65. The molecule has 0 radical (unpaired) electrons. The molecule has 0 amide bonds. The van der Waals surface area contributed by atoms with Gasteiger partial charge in [0.05, 0.1) is 38.8 Å². The van der Waals surface area contributed by atoms with Crippen LogP contribution in [-0.4, -0.2) is 30.3 Å². The van der Waals surface area contributed by atoms with Gasteiger partial charge in [0.25, 0.3) is 0 Å². The number of hydrogen-bond donors (Lipinski definition) is 1. The molecule has 5 heteroatoms. The number of anilines is 2. The van der Waals surface area contributed by atoms with Crippen molar-refractivity contribution in [3.05, 3.63) is 17.1 Å². The number of hydrogen-bond acceptors (Lipinski definition) is 5. The number of morpholine rings is 1. The van der Waals surface area contributed by atoms with Crippen molar-refractivity contribution in [2.24, 2.45) is 0 Å². The topological polar surface area (TPSA) is 51.4 Å². The van der Waals surface area contributed by atoms with Crippen molar-refractivity contribution in [2.45, 2.75) is 33.0 Å². The van der Waals surface area contributed by atoms with Crippen molar-refractivity contribution in [1.29, 1.82) is 0 Å². The Morgan fingerprint density at radius 1 is 1.32 bits per heavy atom. The third-order valence-corrected chi connectivity index (χ3v) is 4.34. The van der Waals surface area contributed by atoms with E-state index in [-0.39, 0.29) is 12.2 Å². The minimum atomic E-state index is 0.232. The normalized spacial score (nSPS) is 24.1. The van der Waals surface area contributed by atoms with E-state index in [1.807, 2.05) is 13.0 Å². The zero-order valence-corrected chi connectivity index (χ0v) is 12.3. The van der Waals surface area contributed by atoms with Gasteiger partial charge < -0.3 is 15.4 Å². The van der Waals surface area contributed by atoms with E-state index in [1.165, 1.54) is 0 Å². The predicted octanol–water partition coefficient (Wildman–Crippen LogP) is 2.80. The number of thiazole rings is 1. The summed E-state index contributed by atoms with van der Waals surface area (Å²) in [7, 11) is 0. The predicted molar refractivity (Wildman–Crippen MR) is 81.0 cm³/mol. The fraction of sp³-hybridized carbons (Fsp3) is 0.500. The molecule has 3 rings (SSSR count). The van der Waals surface area contributed by atoms with Crippen molar-refractivity contribution in [2.75, 3.05) is 23.7 Å². The van der Waals surface area contributed by atoms with E-state index in [0.29, 0.717) is 0 Å². The molecule has 1 aliphatic heterocycles. The first-order valence-electron chi connectivity index (χ1n) is 6.60. The average molecular weight is 277 g/mol. The molecule has 1 aromatic heterocycles. The molecular weight excluding hydrogens is 258 g/mol. The molecule has 1 saturated heterocycles. The number of rotatable bonds is 1. The van der Waals surface area contributed by atoms with Crippen LogP contribution < -0.4 is 10.6 Å². The second-order valence-corrected chi connectivity index (χ2v) is 6.51. The summed E-state index contributed by atoms with van der Waals surface area (Å²) < 4.78 is 6.93. The van der Waals surface area contributed by atoms with Gasteiger partial charge in [-0.3, -0.25) is 0 Å². The van der Waals surface area contributed by atoms with Crippen LogP contribution in [0, 0.1) is 6.92 Å². The monoisotopic (exact) mass is 277 g/mol. The van der Waals surface area contributed by atoms with Crippen LogP contribution in [0.15, 0.2) is 12.1 Å². The van der Waals surface area contributed by atoms with Crippen LogP contribution >= 0.6 is 11.3 Å². The SMILES string of the molecule is Cc1nc2cc(N3C[C@@H](C)O[C@@H](C)C3)c(N)cc2s1. The van der Waals surface area contributed by atoms with Crippen molar-refractivity contribution in [3.63, 3.8) is 0 Å². The molecular formula is C14H19N3OS. The van der Waals surface area contributed by atoms with Crippen molar-refractivity contribution in [1.82, 2.24) is 4.98 Å². The van der Waals surface area contributed by atoms with Gasteiger partial charge in [-0.15, -0.1) is 11.3 Å². The van der Waals surface area contributed by atoms with E-state index in [0.717, 1.165) is 39.7 Å². The zero-order chi connectivity index (χ0) is 13.6. The third kappa shape index (κ3) is 2.40. The summed E-state index contributed by atoms with van der Waals surface area (Å²) in [6, 6.07) is 4.15. The summed E-state index contributed by atoms with van der Waals surface area (Å²) in [5, 5.41) is 1.08. The van der Waals surface area contributed by atoms with Gasteiger partial charge in [-0.2, -0.15) is 0 Å². The first kappa shape index (κ1) is 12.7. The Kier molecular flexibility index (Phi) is 3.11. The number of aryl methyl sites for hydroxylation is 1. The maximum atomic E-state index is 6.21. The zero-order valence-electron chi connectivity index (χ0n) is 11.5. The minimum Gasteiger partial charge on any atom is -0.397 e. The molecule has 2 heterocycles. The van der Waals surface area contributed by atoms with Gasteiger partial charge in [-0.1, -0.05) is 0 Å². The summed E-state index contributed by atoms with van der Waals surface area (Å²) in [6.07, 6.45) is 0.465. The first-order chi connectivity index (χ1) is 9.02. The van der Waals surface area contributed by atoms with Crippen LogP contribution in [0.1, 0.15) is 18.9 Å². The van der Waals surface area contributed by atoms with Crippen LogP contribution in [0.4, 0.5) is 11.4 Å². The molecule has 1 aromatic carbocycles. The minimum absolute atomic E-state index is 0.232. The molecule has 0 spiro atoms. The van der Waals surface area contributed by atoms with Crippen molar-refractivity contribution >= 4 is 32.9 Å². The van der Waals surface area contributed by atoms with Gasteiger partial charge in [-0.25, -0.2) is 4.98 Å². The Morgan fingerprint density at radius 3 is 2.68 bits per heavy atom. The Bertz CT molecular complexity index is 600. The third-order valence-electron chi connectivity index (χ3n) is 3.40. The molecule has 0 unspecified atom stereocenters. The number of nitrogen functional groups attached to an aromatic ring is 1.